The maximum Gasteiger partial charge on any atom is 0.116 e. The first-order chi connectivity index (χ1) is 9.20. The van der Waals surface area contributed by atoms with Crippen LogP contribution >= 0.6 is 27.7 Å². The lowest BCUT2D eigenvalue weighted by atomic mass is 10.0. The Morgan fingerprint density at radius 3 is 2.58 bits per heavy atom. The van der Waals surface area contributed by atoms with E-state index in [0.29, 0.717) is 0 Å². The molecular formula is C14H16BrN3S. The van der Waals surface area contributed by atoms with Gasteiger partial charge < -0.3 is 5.73 Å². The molecular weight excluding hydrogens is 322 g/mol. The number of nitrogens with zero attached hydrogens (tertiary/aromatic N) is 2. The van der Waals surface area contributed by atoms with E-state index in [-0.39, 0.29) is 11.3 Å². The second-order valence-corrected chi connectivity index (χ2v) is 6.29. The quantitative estimate of drug-likeness (QED) is 0.665. The van der Waals surface area contributed by atoms with Crippen molar-refractivity contribution in [2.24, 2.45) is 5.73 Å². The second-order valence-electron chi connectivity index (χ2n) is 4.21. The fourth-order valence-electron chi connectivity index (χ4n) is 1.75. The summed E-state index contributed by atoms with van der Waals surface area (Å²) in [6, 6.07) is 10.3. The zero-order valence-corrected chi connectivity index (χ0v) is 13.1. The van der Waals surface area contributed by atoms with Gasteiger partial charge in [-0.25, -0.2) is 9.97 Å². The van der Waals surface area contributed by atoms with Crippen LogP contribution in [0.4, 0.5) is 0 Å². The predicted octanol–water partition coefficient (Wildman–Crippen LogP) is 3.81. The van der Waals surface area contributed by atoms with Gasteiger partial charge in [0.15, 0.2) is 0 Å². The van der Waals surface area contributed by atoms with Gasteiger partial charge in [0.2, 0.25) is 0 Å². The summed E-state index contributed by atoms with van der Waals surface area (Å²) in [6.07, 6.45) is 4.25. The van der Waals surface area contributed by atoms with E-state index in [4.69, 9.17) is 5.73 Å². The highest BCUT2D eigenvalue weighted by atomic mass is 79.9. The Morgan fingerprint density at radius 1 is 1.26 bits per heavy atom. The number of thioether (sulfide) groups is 1. The number of rotatable bonds is 5. The van der Waals surface area contributed by atoms with E-state index >= 15 is 0 Å². The molecule has 0 aliphatic rings. The van der Waals surface area contributed by atoms with Gasteiger partial charge in [0.25, 0.3) is 0 Å². The lowest BCUT2D eigenvalue weighted by molar-refractivity contribution is 0.633. The number of hydrogen-bond donors (Lipinski definition) is 1. The van der Waals surface area contributed by atoms with Crippen molar-refractivity contribution in [1.29, 1.82) is 0 Å². The number of benzene rings is 1. The molecule has 2 N–H and O–H groups in total. The first kappa shape index (κ1) is 14.5. The molecule has 19 heavy (non-hydrogen) atoms. The predicted molar refractivity (Wildman–Crippen MR) is 83.0 cm³/mol. The maximum atomic E-state index is 6.26. The summed E-state index contributed by atoms with van der Waals surface area (Å²) in [4.78, 5) is 8.21. The van der Waals surface area contributed by atoms with Gasteiger partial charge in [-0.3, -0.25) is 0 Å². The molecule has 2 unspecified atom stereocenters. The average molecular weight is 338 g/mol. The Kier molecular flexibility index (Phi) is 5.36. The smallest absolute Gasteiger partial charge is 0.116 e. The first-order valence-electron chi connectivity index (χ1n) is 6.14. The summed E-state index contributed by atoms with van der Waals surface area (Å²) >= 11 is 5.15. The van der Waals surface area contributed by atoms with E-state index in [1.165, 1.54) is 5.56 Å². The fourth-order valence-corrected chi connectivity index (χ4v) is 3.18. The molecule has 0 saturated heterocycles. The first-order valence-corrected chi connectivity index (χ1v) is 7.81. The molecule has 0 saturated carbocycles. The average Bonchev–Trinajstić information content (AvgIpc) is 2.46. The third-order valence-electron chi connectivity index (χ3n) is 2.86. The molecule has 5 heteroatoms. The number of hydrogen-bond acceptors (Lipinski definition) is 4. The molecule has 1 aromatic carbocycles. The minimum atomic E-state index is 0.0983. The van der Waals surface area contributed by atoms with Crippen molar-refractivity contribution in [3.8, 4) is 0 Å². The van der Waals surface area contributed by atoms with Crippen molar-refractivity contribution < 1.29 is 0 Å². The van der Waals surface area contributed by atoms with Crippen LogP contribution in [0.3, 0.4) is 0 Å². The summed E-state index contributed by atoms with van der Waals surface area (Å²) < 4.78 is 1.08. The van der Waals surface area contributed by atoms with Gasteiger partial charge in [-0.1, -0.05) is 46.7 Å². The van der Waals surface area contributed by atoms with Gasteiger partial charge in [-0.05, 0) is 30.2 Å². The van der Waals surface area contributed by atoms with Gasteiger partial charge >= 0.3 is 0 Å². The highest BCUT2D eigenvalue weighted by Crippen LogP contribution is 2.37. The van der Waals surface area contributed by atoms with Crippen molar-refractivity contribution >= 4 is 27.7 Å². The van der Waals surface area contributed by atoms with Gasteiger partial charge in [-0.15, -0.1) is 0 Å². The topological polar surface area (TPSA) is 51.8 Å². The highest BCUT2D eigenvalue weighted by Gasteiger charge is 2.20. The molecule has 1 aromatic heterocycles. The van der Waals surface area contributed by atoms with Crippen LogP contribution in [0.15, 0.2) is 52.4 Å². The van der Waals surface area contributed by atoms with E-state index in [1.54, 1.807) is 24.3 Å². The minimum absolute atomic E-state index is 0.0983. The fraction of sp³-hybridized carbons (Fsp3) is 0.286. The van der Waals surface area contributed by atoms with Gasteiger partial charge in [0.05, 0.1) is 10.3 Å². The molecule has 2 atom stereocenters. The largest absolute Gasteiger partial charge is 0.326 e. The van der Waals surface area contributed by atoms with Crippen molar-refractivity contribution in [3.05, 3.63) is 52.9 Å². The maximum absolute atomic E-state index is 6.26. The van der Waals surface area contributed by atoms with Gasteiger partial charge in [-0.2, -0.15) is 0 Å². The Labute approximate surface area is 126 Å². The van der Waals surface area contributed by atoms with Crippen molar-refractivity contribution in [2.75, 3.05) is 0 Å². The molecule has 2 rings (SSSR count). The monoisotopic (exact) mass is 337 g/mol. The van der Waals surface area contributed by atoms with E-state index < -0.39 is 0 Å². The molecule has 100 valence electrons. The summed E-state index contributed by atoms with van der Waals surface area (Å²) in [5.74, 6) is 0. The van der Waals surface area contributed by atoms with Gasteiger partial charge in [0.1, 0.15) is 6.33 Å². The van der Waals surface area contributed by atoms with E-state index in [1.807, 2.05) is 18.2 Å². The second kappa shape index (κ2) is 7.03. The van der Waals surface area contributed by atoms with Crippen LogP contribution in [-0.4, -0.2) is 16.0 Å². The molecule has 1 heterocycles. The molecule has 0 spiro atoms. The van der Waals surface area contributed by atoms with Crippen LogP contribution in [0.5, 0.6) is 0 Å². The normalized spacial score (nSPS) is 14.1. The number of aromatic nitrogens is 2. The highest BCUT2D eigenvalue weighted by molar-refractivity contribution is 9.10. The number of nitrogens with two attached hydrogens (primary N) is 1. The van der Waals surface area contributed by atoms with Gasteiger partial charge in [0, 0.05) is 16.7 Å². The summed E-state index contributed by atoms with van der Waals surface area (Å²) in [5, 5.41) is 1.15. The summed E-state index contributed by atoms with van der Waals surface area (Å²) in [5.41, 5.74) is 7.48. The Hall–Kier alpha value is -0.910. The molecule has 2 aromatic rings. The van der Waals surface area contributed by atoms with E-state index in [2.05, 4.69) is 45.0 Å². The molecule has 0 aliphatic heterocycles. The van der Waals surface area contributed by atoms with E-state index in [9.17, 15) is 0 Å². The van der Waals surface area contributed by atoms with E-state index in [0.717, 1.165) is 15.9 Å². The molecule has 0 fully saturated rings. The third-order valence-corrected chi connectivity index (χ3v) is 4.75. The van der Waals surface area contributed by atoms with Crippen LogP contribution in [0.25, 0.3) is 0 Å². The zero-order chi connectivity index (χ0) is 13.7. The van der Waals surface area contributed by atoms with Crippen molar-refractivity contribution in [3.63, 3.8) is 0 Å². The van der Waals surface area contributed by atoms with Crippen LogP contribution < -0.4 is 5.73 Å². The SMILES string of the molecule is CCC(N)C(Sc1ccncn1)c1ccc(Br)cc1. The summed E-state index contributed by atoms with van der Waals surface area (Å²) in [7, 11) is 0. The lowest BCUT2D eigenvalue weighted by Crippen LogP contribution is -2.25. The summed E-state index contributed by atoms with van der Waals surface area (Å²) in [6.45, 7) is 2.11. The van der Waals surface area contributed by atoms with Crippen LogP contribution in [0, 0.1) is 0 Å². The zero-order valence-electron chi connectivity index (χ0n) is 10.7. The third kappa shape index (κ3) is 4.03. The Bertz CT molecular complexity index is 504. The lowest BCUT2D eigenvalue weighted by Gasteiger charge is -2.22. The van der Waals surface area contributed by atoms with Crippen molar-refractivity contribution in [1.82, 2.24) is 9.97 Å². The number of halogens is 1. The minimum Gasteiger partial charge on any atom is -0.326 e. The molecule has 3 nitrogen and oxygen atoms in total. The Morgan fingerprint density at radius 2 is 2.00 bits per heavy atom. The van der Waals surface area contributed by atoms with Crippen LogP contribution in [0.2, 0.25) is 0 Å². The molecule has 0 radical (unpaired) electrons. The Balaban J connectivity index is 2.23. The van der Waals surface area contributed by atoms with Crippen LogP contribution in [-0.2, 0) is 0 Å². The van der Waals surface area contributed by atoms with Crippen LogP contribution in [0.1, 0.15) is 24.2 Å². The van der Waals surface area contributed by atoms with Crippen molar-refractivity contribution in [2.45, 2.75) is 29.7 Å². The molecule has 0 amide bonds. The molecule has 0 bridgehead atoms. The molecule has 0 aliphatic carbocycles. The standard InChI is InChI=1S/C14H16BrN3S/c1-2-12(16)14(10-3-5-11(15)6-4-10)19-13-7-8-17-9-18-13/h3-9,12,14H,2,16H2,1H3.